The lowest BCUT2D eigenvalue weighted by atomic mass is 10.2. The first-order valence-corrected chi connectivity index (χ1v) is 6.64. The Bertz CT molecular complexity index is 444. The number of para-hydroxylation sites is 1. The van der Waals surface area contributed by atoms with Gasteiger partial charge in [0.1, 0.15) is 6.10 Å². The predicted octanol–water partition coefficient (Wildman–Crippen LogP) is 3.66. The number of aliphatic hydroxyl groups excluding tert-OH is 1. The lowest BCUT2D eigenvalue weighted by molar-refractivity contribution is 0.195. The van der Waals surface area contributed by atoms with Gasteiger partial charge in [-0.2, -0.15) is 0 Å². The van der Waals surface area contributed by atoms with Gasteiger partial charge in [0, 0.05) is 21.6 Å². The van der Waals surface area contributed by atoms with Crippen molar-refractivity contribution in [1.29, 1.82) is 0 Å². The minimum absolute atomic E-state index is 0.452. The average molecular weight is 298 g/mol. The van der Waals surface area contributed by atoms with Gasteiger partial charge in [-0.25, -0.2) is 0 Å². The molecule has 1 aromatic carbocycles. The van der Waals surface area contributed by atoms with E-state index >= 15 is 0 Å². The third-order valence-corrected chi connectivity index (χ3v) is 3.90. The van der Waals surface area contributed by atoms with E-state index in [0.29, 0.717) is 6.54 Å². The van der Waals surface area contributed by atoms with Gasteiger partial charge in [0.15, 0.2) is 0 Å². The van der Waals surface area contributed by atoms with Crippen LogP contribution in [0.15, 0.2) is 46.3 Å². The Hall–Kier alpha value is -0.840. The lowest BCUT2D eigenvalue weighted by Gasteiger charge is -2.12. The molecule has 16 heavy (non-hydrogen) atoms. The van der Waals surface area contributed by atoms with Crippen LogP contribution in [-0.2, 0) is 0 Å². The first kappa shape index (κ1) is 11.6. The van der Waals surface area contributed by atoms with E-state index in [1.165, 1.54) is 0 Å². The van der Waals surface area contributed by atoms with Gasteiger partial charge in [-0.05, 0) is 39.5 Å². The molecule has 0 bridgehead atoms. The highest BCUT2D eigenvalue weighted by atomic mass is 79.9. The van der Waals surface area contributed by atoms with Gasteiger partial charge in [0.2, 0.25) is 0 Å². The molecule has 1 atom stereocenters. The number of nitrogens with one attached hydrogen (secondary N) is 1. The molecule has 0 aliphatic carbocycles. The van der Waals surface area contributed by atoms with Crippen molar-refractivity contribution in [3.8, 4) is 0 Å². The van der Waals surface area contributed by atoms with E-state index in [1.807, 2.05) is 41.8 Å². The second kappa shape index (κ2) is 5.48. The van der Waals surface area contributed by atoms with Crippen LogP contribution in [0.2, 0.25) is 0 Å². The molecule has 0 saturated heterocycles. The molecule has 0 amide bonds. The van der Waals surface area contributed by atoms with Crippen molar-refractivity contribution in [2.75, 3.05) is 11.9 Å². The first-order chi connectivity index (χ1) is 7.77. The summed E-state index contributed by atoms with van der Waals surface area (Å²) in [5, 5.41) is 15.1. The number of hydrogen-bond donors (Lipinski definition) is 2. The Morgan fingerprint density at radius 1 is 1.25 bits per heavy atom. The number of aliphatic hydroxyl groups is 1. The van der Waals surface area contributed by atoms with Crippen LogP contribution in [0.5, 0.6) is 0 Å². The minimum atomic E-state index is -0.452. The van der Waals surface area contributed by atoms with E-state index in [0.717, 1.165) is 15.0 Å². The largest absolute Gasteiger partial charge is 0.386 e. The monoisotopic (exact) mass is 297 g/mol. The van der Waals surface area contributed by atoms with Crippen molar-refractivity contribution in [2.24, 2.45) is 0 Å². The second-order valence-electron chi connectivity index (χ2n) is 3.39. The normalized spacial score (nSPS) is 12.4. The van der Waals surface area contributed by atoms with E-state index < -0.39 is 6.10 Å². The maximum absolute atomic E-state index is 9.89. The van der Waals surface area contributed by atoms with Crippen LogP contribution >= 0.6 is 27.3 Å². The summed E-state index contributed by atoms with van der Waals surface area (Å²) in [5.74, 6) is 0. The van der Waals surface area contributed by atoms with Crippen molar-refractivity contribution in [1.82, 2.24) is 0 Å². The highest BCUT2D eigenvalue weighted by Crippen LogP contribution is 2.23. The zero-order valence-electron chi connectivity index (χ0n) is 8.56. The summed E-state index contributed by atoms with van der Waals surface area (Å²) >= 11 is 5.02. The van der Waals surface area contributed by atoms with Crippen molar-refractivity contribution in [3.63, 3.8) is 0 Å². The van der Waals surface area contributed by atoms with Crippen molar-refractivity contribution < 1.29 is 5.11 Å². The van der Waals surface area contributed by atoms with Gasteiger partial charge < -0.3 is 10.4 Å². The molecule has 0 aliphatic heterocycles. The van der Waals surface area contributed by atoms with Gasteiger partial charge in [-0.15, -0.1) is 11.3 Å². The molecule has 2 aromatic rings. The molecule has 0 fully saturated rings. The van der Waals surface area contributed by atoms with E-state index in [-0.39, 0.29) is 0 Å². The Kier molecular flexibility index (Phi) is 3.98. The minimum Gasteiger partial charge on any atom is -0.386 e. The summed E-state index contributed by atoms with van der Waals surface area (Å²) < 4.78 is 1.01. The van der Waals surface area contributed by atoms with Crippen LogP contribution in [0.1, 0.15) is 11.0 Å². The first-order valence-electron chi connectivity index (χ1n) is 4.97. The summed E-state index contributed by atoms with van der Waals surface area (Å²) in [6, 6.07) is 11.8. The summed E-state index contributed by atoms with van der Waals surface area (Å²) in [6.07, 6.45) is -0.452. The fourth-order valence-corrected chi connectivity index (χ4v) is 2.53. The summed E-state index contributed by atoms with van der Waals surface area (Å²) in [6.45, 7) is 0.517. The molecule has 0 spiro atoms. The molecular formula is C12H12BrNOS. The summed E-state index contributed by atoms with van der Waals surface area (Å²) in [4.78, 5) is 0.986. The molecular weight excluding hydrogens is 286 g/mol. The fraction of sp³-hybridized carbons (Fsp3) is 0.167. The third-order valence-electron chi connectivity index (χ3n) is 2.23. The van der Waals surface area contributed by atoms with Crippen molar-refractivity contribution >= 4 is 33.0 Å². The molecule has 2 rings (SSSR count). The van der Waals surface area contributed by atoms with Gasteiger partial charge in [-0.1, -0.05) is 18.2 Å². The standard InChI is InChI=1S/C12H12BrNOS/c13-9-4-1-2-5-10(9)14-8-11(15)12-6-3-7-16-12/h1-7,11,14-15H,8H2. The molecule has 0 radical (unpaired) electrons. The number of rotatable bonds is 4. The number of benzene rings is 1. The molecule has 2 nitrogen and oxygen atoms in total. The Labute approximate surface area is 107 Å². The Morgan fingerprint density at radius 3 is 2.75 bits per heavy atom. The SMILES string of the molecule is OC(CNc1ccccc1Br)c1cccs1. The molecule has 0 aliphatic rings. The molecule has 84 valence electrons. The Morgan fingerprint density at radius 2 is 2.06 bits per heavy atom. The zero-order chi connectivity index (χ0) is 11.4. The molecule has 2 N–H and O–H groups in total. The maximum Gasteiger partial charge on any atom is 0.105 e. The van der Waals surface area contributed by atoms with Crippen molar-refractivity contribution in [2.45, 2.75) is 6.10 Å². The van der Waals surface area contributed by atoms with E-state index in [9.17, 15) is 5.11 Å². The summed E-state index contributed by atoms with van der Waals surface area (Å²) in [5.41, 5.74) is 0.998. The average Bonchev–Trinajstić information content (AvgIpc) is 2.81. The molecule has 0 saturated carbocycles. The van der Waals surface area contributed by atoms with Gasteiger partial charge in [0.25, 0.3) is 0 Å². The smallest absolute Gasteiger partial charge is 0.105 e. The van der Waals surface area contributed by atoms with Crippen LogP contribution in [0.3, 0.4) is 0 Å². The van der Waals surface area contributed by atoms with Gasteiger partial charge in [0.05, 0.1) is 0 Å². The van der Waals surface area contributed by atoms with Crippen LogP contribution in [-0.4, -0.2) is 11.7 Å². The molecule has 1 heterocycles. The second-order valence-corrected chi connectivity index (χ2v) is 5.23. The van der Waals surface area contributed by atoms with E-state index in [4.69, 9.17) is 0 Å². The van der Waals surface area contributed by atoms with Crippen LogP contribution in [0.4, 0.5) is 5.69 Å². The highest BCUT2D eigenvalue weighted by molar-refractivity contribution is 9.10. The summed E-state index contributed by atoms with van der Waals surface area (Å²) in [7, 11) is 0. The number of anilines is 1. The third kappa shape index (κ3) is 2.84. The zero-order valence-corrected chi connectivity index (χ0v) is 11.0. The van der Waals surface area contributed by atoms with E-state index in [1.54, 1.807) is 11.3 Å². The topological polar surface area (TPSA) is 32.3 Å². The molecule has 1 aromatic heterocycles. The lowest BCUT2D eigenvalue weighted by Crippen LogP contribution is -2.11. The van der Waals surface area contributed by atoms with Crippen LogP contribution < -0.4 is 5.32 Å². The number of thiophene rings is 1. The maximum atomic E-state index is 9.89. The quantitative estimate of drug-likeness (QED) is 0.903. The Balaban J connectivity index is 1.95. The van der Waals surface area contributed by atoms with Crippen LogP contribution in [0, 0.1) is 0 Å². The number of halogens is 1. The fourth-order valence-electron chi connectivity index (χ4n) is 1.39. The van der Waals surface area contributed by atoms with Crippen LogP contribution in [0.25, 0.3) is 0 Å². The molecule has 4 heteroatoms. The van der Waals surface area contributed by atoms with Gasteiger partial charge in [-0.3, -0.25) is 0 Å². The predicted molar refractivity (Wildman–Crippen MR) is 71.9 cm³/mol. The van der Waals surface area contributed by atoms with E-state index in [2.05, 4.69) is 21.2 Å². The highest BCUT2D eigenvalue weighted by Gasteiger charge is 2.08. The number of hydrogen-bond acceptors (Lipinski definition) is 3. The van der Waals surface area contributed by atoms with Crippen molar-refractivity contribution in [3.05, 3.63) is 51.1 Å². The van der Waals surface area contributed by atoms with Gasteiger partial charge >= 0.3 is 0 Å². The molecule has 1 unspecified atom stereocenters.